The number of rotatable bonds is 11. The number of fused-ring (bicyclic) bond motifs is 1. The van der Waals surface area contributed by atoms with E-state index in [-0.39, 0.29) is 0 Å². The van der Waals surface area contributed by atoms with Gasteiger partial charge in [-0.3, -0.25) is 4.90 Å². The molecule has 182 valence electrons. The Balaban J connectivity index is 1.54. The normalized spacial score (nSPS) is 16.2. The summed E-state index contributed by atoms with van der Waals surface area (Å²) in [5.41, 5.74) is 2.17. The molecule has 1 aliphatic heterocycles. The van der Waals surface area contributed by atoms with E-state index in [4.69, 9.17) is 19.4 Å². The molecule has 0 spiro atoms. The standard InChI is InChI=1S/C26H36N6O2/c1-31(2)13-8-12-27-26-29-22-16-24(34-4)23(33-3)15-21(22)25(30-26)28-20-11-14-32(18-20)17-19-9-6-5-7-10-19/h5-7,9-10,15-16,20H,8,11-14,17-18H2,1-4H3,(H2,27,28,29,30). The Morgan fingerprint density at radius 2 is 1.82 bits per heavy atom. The summed E-state index contributed by atoms with van der Waals surface area (Å²) in [7, 11) is 7.45. The van der Waals surface area contributed by atoms with E-state index in [2.05, 4.69) is 64.9 Å². The summed E-state index contributed by atoms with van der Waals surface area (Å²) in [6.45, 7) is 4.82. The van der Waals surface area contributed by atoms with Gasteiger partial charge in [0, 0.05) is 43.7 Å². The molecule has 3 aromatic rings. The summed E-state index contributed by atoms with van der Waals surface area (Å²) in [5, 5.41) is 8.02. The van der Waals surface area contributed by atoms with Gasteiger partial charge in [-0.2, -0.15) is 4.98 Å². The molecule has 8 nitrogen and oxygen atoms in total. The van der Waals surface area contributed by atoms with E-state index < -0.39 is 0 Å². The van der Waals surface area contributed by atoms with Crippen molar-refractivity contribution < 1.29 is 9.47 Å². The van der Waals surface area contributed by atoms with Crippen LogP contribution >= 0.6 is 0 Å². The Kier molecular flexibility index (Phi) is 8.03. The predicted octanol–water partition coefficient (Wildman–Crippen LogP) is 3.70. The molecule has 1 unspecified atom stereocenters. The average Bonchev–Trinajstić information content (AvgIpc) is 3.28. The minimum atomic E-state index is 0.316. The smallest absolute Gasteiger partial charge is 0.225 e. The molecule has 1 aromatic heterocycles. The predicted molar refractivity (Wildman–Crippen MR) is 138 cm³/mol. The minimum absolute atomic E-state index is 0.316. The van der Waals surface area contributed by atoms with Gasteiger partial charge in [-0.15, -0.1) is 0 Å². The van der Waals surface area contributed by atoms with Crippen molar-refractivity contribution >= 4 is 22.7 Å². The molecule has 1 saturated heterocycles. The van der Waals surface area contributed by atoms with Crippen LogP contribution in [0.25, 0.3) is 10.9 Å². The molecule has 2 N–H and O–H groups in total. The number of hydrogen-bond acceptors (Lipinski definition) is 8. The molecular formula is C26H36N6O2. The van der Waals surface area contributed by atoms with Gasteiger partial charge in [0.25, 0.3) is 0 Å². The molecule has 0 bridgehead atoms. The molecule has 2 aromatic carbocycles. The van der Waals surface area contributed by atoms with Crippen LogP contribution in [0.3, 0.4) is 0 Å². The number of aromatic nitrogens is 2. The lowest BCUT2D eigenvalue weighted by Gasteiger charge is -2.19. The Bertz CT molecular complexity index is 1080. The van der Waals surface area contributed by atoms with Crippen LogP contribution < -0.4 is 20.1 Å². The van der Waals surface area contributed by atoms with Crippen LogP contribution in [0.2, 0.25) is 0 Å². The lowest BCUT2D eigenvalue weighted by atomic mass is 10.2. The average molecular weight is 465 g/mol. The molecule has 1 aliphatic rings. The van der Waals surface area contributed by atoms with Gasteiger partial charge >= 0.3 is 0 Å². The first kappa shape index (κ1) is 24.0. The van der Waals surface area contributed by atoms with Crippen LogP contribution in [-0.4, -0.2) is 80.3 Å². The van der Waals surface area contributed by atoms with Crippen LogP contribution in [0.15, 0.2) is 42.5 Å². The SMILES string of the molecule is COc1cc2nc(NCCCN(C)C)nc(NC3CCN(Cc4ccccc4)C3)c2cc1OC. The zero-order valence-corrected chi connectivity index (χ0v) is 20.7. The van der Waals surface area contributed by atoms with Gasteiger partial charge in [0.05, 0.1) is 19.7 Å². The number of methoxy groups -OCH3 is 2. The Morgan fingerprint density at radius 3 is 2.56 bits per heavy atom. The number of benzene rings is 2. The first-order valence-corrected chi connectivity index (χ1v) is 11.9. The first-order valence-electron chi connectivity index (χ1n) is 11.9. The van der Waals surface area contributed by atoms with E-state index in [9.17, 15) is 0 Å². The van der Waals surface area contributed by atoms with Crippen molar-refractivity contribution in [2.24, 2.45) is 0 Å². The third kappa shape index (κ3) is 6.07. The Hall–Kier alpha value is -3.10. The maximum absolute atomic E-state index is 5.55. The molecule has 0 aliphatic carbocycles. The maximum Gasteiger partial charge on any atom is 0.225 e. The zero-order chi connectivity index (χ0) is 23.9. The fourth-order valence-corrected chi connectivity index (χ4v) is 4.37. The van der Waals surface area contributed by atoms with E-state index in [0.29, 0.717) is 23.5 Å². The van der Waals surface area contributed by atoms with Crippen molar-refractivity contribution in [2.45, 2.75) is 25.4 Å². The monoisotopic (exact) mass is 464 g/mol. The second-order valence-corrected chi connectivity index (χ2v) is 9.05. The highest BCUT2D eigenvalue weighted by Gasteiger charge is 2.24. The van der Waals surface area contributed by atoms with E-state index in [1.165, 1.54) is 5.56 Å². The molecule has 34 heavy (non-hydrogen) atoms. The van der Waals surface area contributed by atoms with Gasteiger partial charge in [0.15, 0.2) is 11.5 Å². The van der Waals surface area contributed by atoms with Gasteiger partial charge in [-0.1, -0.05) is 30.3 Å². The van der Waals surface area contributed by atoms with Crippen LogP contribution in [0, 0.1) is 0 Å². The topological polar surface area (TPSA) is 74.8 Å². The van der Waals surface area contributed by atoms with Crippen LogP contribution in [0.5, 0.6) is 11.5 Å². The number of anilines is 2. The second-order valence-electron chi connectivity index (χ2n) is 9.05. The molecular weight excluding hydrogens is 428 g/mol. The fraction of sp³-hybridized carbons (Fsp3) is 0.462. The van der Waals surface area contributed by atoms with Crippen molar-refractivity contribution in [3.05, 3.63) is 48.0 Å². The van der Waals surface area contributed by atoms with Crippen molar-refractivity contribution in [3.63, 3.8) is 0 Å². The summed E-state index contributed by atoms with van der Waals surface area (Å²) >= 11 is 0. The molecule has 1 atom stereocenters. The zero-order valence-electron chi connectivity index (χ0n) is 20.7. The van der Waals surface area contributed by atoms with E-state index in [1.54, 1.807) is 14.2 Å². The number of hydrogen-bond donors (Lipinski definition) is 2. The third-order valence-electron chi connectivity index (χ3n) is 6.13. The number of nitrogens with zero attached hydrogens (tertiary/aromatic N) is 4. The van der Waals surface area contributed by atoms with Crippen LogP contribution in [0.1, 0.15) is 18.4 Å². The van der Waals surface area contributed by atoms with Gasteiger partial charge < -0.3 is 25.0 Å². The lowest BCUT2D eigenvalue weighted by Crippen LogP contribution is -2.26. The highest BCUT2D eigenvalue weighted by atomic mass is 16.5. The molecule has 0 radical (unpaired) electrons. The summed E-state index contributed by atoms with van der Waals surface area (Å²) < 4.78 is 11.1. The Labute approximate surface area is 202 Å². The second kappa shape index (κ2) is 11.4. The van der Waals surface area contributed by atoms with Crippen LogP contribution in [0.4, 0.5) is 11.8 Å². The van der Waals surface area contributed by atoms with Crippen molar-refractivity contribution in [1.29, 1.82) is 0 Å². The lowest BCUT2D eigenvalue weighted by molar-refractivity contribution is 0.328. The quantitative estimate of drug-likeness (QED) is 0.416. The first-order chi connectivity index (χ1) is 16.6. The number of ether oxygens (including phenoxy) is 2. The van der Waals surface area contributed by atoms with Gasteiger partial charge in [-0.25, -0.2) is 4.98 Å². The molecule has 8 heteroatoms. The maximum atomic E-state index is 5.55. The summed E-state index contributed by atoms with van der Waals surface area (Å²) in [5.74, 6) is 2.78. The van der Waals surface area contributed by atoms with E-state index in [1.807, 2.05) is 12.1 Å². The summed E-state index contributed by atoms with van der Waals surface area (Å²) in [6.07, 6.45) is 2.08. The summed E-state index contributed by atoms with van der Waals surface area (Å²) in [6, 6.07) is 14.8. The minimum Gasteiger partial charge on any atom is -0.493 e. The molecule has 4 rings (SSSR count). The van der Waals surface area contributed by atoms with Crippen molar-refractivity contribution in [1.82, 2.24) is 19.8 Å². The molecule has 1 fully saturated rings. The summed E-state index contributed by atoms with van der Waals surface area (Å²) in [4.78, 5) is 14.3. The molecule has 2 heterocycles. The van der Waals surface area contributed by atoms with Gasteiger partial charge in [-0.05, 0) is 45.1 Å². The van der Waals surface area contributed by atoms with E-state index >= 15 is 0 Å². The van der Waals surface area contributed by atoms with E-state index in [0.717, 1.165) is 62.3 Å². The van der Waals surface area contributed by atoms with Gasteiger partial charge in [0.2, 0.25) is 5.95 Å². The highest BCUT2D eigenvalue weighted by molar-refractivity contribution is 5.92. The largest absolute Gasteiger partial charge is 0.493 e. The molecule has 0 amide bonds. The highest BCUT2D eigenvalue weighted by Crippen LogP contribution is 2.35. The van der Waals surface area contributed by atoms with Crippen molar-refractivity contribution in [3.8, 4) is 11.5 Å². The van der Waals surface area contributed by atoms with Crippen molar-refractivity contribution in [2.75, 3.05) is 65.1 Å². The van der Waals surface area contributed by atoms with Gasteiger partial charge in [0.1, 0.15) is 5.82 Å². The Morgan fingerprint density at radius 1 is 1.06 bits per heavy atom. The number of likely N-dealkylation sites (tertiary alicyclic amines) is 1. The van der Waals surface area contributed by atoms with Crippen LogP contribution in [-0.2, 0) is 6.54 Å². The third-order valence-corrected chi connectivity index (χ3v) is 6.13. The number of nitrogens with one attached hydrogen (secondary N) is 2. The fourth-order valence-electron chi connectivity index (χ4n) is 4.37. The molecule has 0 saturated carbocycles.